The first-order valence-corrected chi connectivity index (χ1v) is 6.74. The van der Waals surface area contributed by atoms with Crippen LogP contribution in [-0.2, 0) is 4.74 Å². The third kappa shape index (κ3) is 4.40. The molecular weight excluding hydrogens is 266 g/mol. The summed E-state index contributed by atoms with van der Waals surface area (Å²) < 4.78 is 5.01. The van der Waals surface area contributed by atoms with Gasteiger partial charge in [-0.15, -0.1) is 0 Å². The fourth-order valence-electron chi connectivity index (χ4n) is 2.04. The molecule has 106 valence electrons. The summed E-state index contributed by atoms with van der Waals surface area (Å²) in [5.74, 6) is 0. The van der Waals surface area contributed by atoms with Crippen LogP contribution in [-0.4, -0.2) is 17.3 Å². The molecule has 0 saturated heterocycles. The van der Waals surface area contributed by atoms with Gasteiger partial charge in [-0.05, 0) is 31.4 Å². The van der Waals surface area contributed by atoms with E-state index < -0.39 is 18.3 Å². The maximum Gasteiger partial charge on any atom is 0.404 e. The molecule has 0 spiro atoms. The summed E-state index contributed by atoms with van der Waals surface area (Å²) in [5.41, 5.74) is 6.50. The molecule has 0 aliphatic rings. The summed E-state index contributed by atoms with van der Waals surface area (Å²) in [4.78, 5) is 10.9. The Morgan fingerprint density at radius 2 is 2.21 bits per heavy atom. The summed E-state index contributed by atoms with van der Waals surface area (Å²) >= 11 is 6.11. The first kappa shape index (κ1) is 15.8. The molecule has 0 aromatic heterocycles. The van der Waals surface area contributed by atoms with Gasteiger partial charge in [-0.1, -0.05) is 37.1 Å². The van der Waals surface area contributed by atoms with Crippen LogP contribution in [0.5, 0.6) is 0 Å². The second-order valence-electron chi connectivity index (χ2n) is 4.53. The molecule has 3 N–H and O–H groups in total. The Kier molecular flexibility index (Phi) is 6.12. The number of hydrogen-bond acceptors (Lipinski definition) is 3. The monoisotopic (exact) mass is 285 g/mol. The lowest BCUT2D eigenvalue weighted by Gasteiger charge is -2.24. The van der Waals surface area contributed by atoms with Crippen molar-refractivity contribution in [2.24, 2.45) is 5.73 Å². The van der Waals surface area contributed by atoms with Gasteiger partial charge >= 0.3 is 6.09 Å². The van der Waals surface area contributed by atoms with Crippen LogP contribution >= 0.6 is 11.6 Å². The number of aliphatic hydroxyl groups excluding tert-OH is 1. The number of carbonyl (C=O) groups excluding carboxylic acids is 1. The Morgan fingerprint density at radius 3 is 2.74 bits per heavy atom. The fraction of sp³-hybridized carbons (Fsp3) is 0.500. The smallest absolute Gasteiger partial charge is 0.404 e. The highest BCUT2D eigenvalue weighted by atomic mass is 35.5. The molecule has 0 fully saturated rings. The summed E-state index contributed by atoms with van der Waals surface area (Å²) in [7, 11) is 0. The highest BCUT2D eigenvalue weighted by molar-refractivity contribution is 6.31. The number of amides is 1. The molecule has 19 heavy (non-hydrogen) atoms. The molecule has 2 unspecified atom stereocenters. The molecule has 0 aliphatic carbocycles. The van der Waals surface area contributed by atoms with E-state index in [9.17, 15) is 9.90 Å². The van der Waals surface area contributed by atoms with E-state index >= 15 is 0 Å². The largest absolute Gasteiger partial charge is 0.443 e. The number of benzene rings is 1. The van der Waals surface area contributed by atoms with Crippen molar-refractivity contribution in [1.29, 1.82) is 0 Å². The van der Waals surface area contributed by atoms with E-state index in [4.69, 9.17) is 22.1 Å². The number of rotatable bonds is 6. The number of nitrogens with two attached hydrogens (primary N) is 1. The first-order chi connectivity index (χ1) is 8.97. The molecule has 5 heteroatoms. The number of aryl methyl sites for hydroxylation is 1. The van der Waals surface area contributed by atoms with Crippen LogP contribution < -0.4 is 5.73 Å². The van der Waals surface area contributed by atoms with Gasteiger partial charge in [0.2, 0.25) is 0 Å². The molecule has 2 atom stereocenters. The van der Waals surface area contributed by atoms with Crippen molar-refractivity contribution in [2.75, 3.05) is 0 Å². The number of primary amides is 1. The van der Waals surface area contributed by atoms with Gasteiger partial charge in [0, 0.05) is 10.6 Å². The minimum Gasteiger partial charge on any atom is -0.443 e. The Bertz CT molecular complexity index is 416. The van der Waals surface area contributed by atoms with Crippen molar-refractivity contribution >= 4 is 17.7 Å². The quantitative estimate of drug-likeness (QED) is 0.842. The van der Waals surface area contributed by atoms with E-state index in [1.807, 2.05) is 26.0 Å². The molecular formula is C14H20ClNO3. The van der Waals surface area contributed by atoms with Gasteiger partial charge < -0.3 is 15.6 Å². The summed E-state index contributed by atoms with van der Waals surface area (Å²) in [5, 5.41) is 10.9. The predicted octanol–water partition coefficient (Wildman–Crippen LogP) is 3.34. The summed E-state index contributed by atoms with van der Waals surface area (Å²) in [6, 6.07) is 5.36. The van der Waals surface area contributed by atoms with E-state index in [0.717, 1.165) is 18.4 Å². The van der Waals surface area contributed by atoms with Gasteiger partial charge in [-0.2, -0.15) is 0 Å². The van der Waals surface area contributed by atoms with Gasteiger partial charge in [0.15, 0.2) is 0 Å². The Labute approximate surface area is 118 Å². The molecule has 1 amide bonds. The van der Waals surface area contributed by atoms with E-state index in [-0.39, 0.29) is 0 Å². The molecule has 0 bridgehead atoms. The lowest BCUT2D eigenvalue weighted by atomic mass is 9.96. The number of hydrogen-bond donors (Lipinski definition) is 2. The molecule has 1 aromatic carbocycles. The number of ether oxygens (including phenoxy) is 1. The van der Waals surface area contributed by atoms with Crippen LogP contribution in [0.3, 0.4) is 0 Å². The Hall–Kier alpha value is -1.26. The number of aliphatic hydroxyl groups is 1. The van der Waals surface area contributed by atoms with E-state index in [2.05, 4.69) is 0 Å². The number of unbranched alkanes of at least 4 members (excludes halogenated alkanes) is 1. The molecule has 0 radical (unpaired) electrons. The van der Waals surface area contributed by atoms with Gasteiger partial charge in [0.25, 0.3) is 0 Å². The summed E-state index contributed by atoms with van der Waals surface area (Å²) in [6.45, 7) is 3.88. The van der Waals surface area contributed by atoms with Gasteiger partial charge in [0.1, 0.15) is 12.2 Å². The second kappa shape index (κ2) is 7.36. The van der Waals surface area contributed by atoms with Gasteiger partial charge in [-0.25, -0.2) is 4.79 Å². The maximum absolute atomic E-state index is 10.9. The molecule has 0 heterocycles. The molecule has 1 rings (SSSR count). The number of halogens is 1. The minimum atomic E-state index is -0.965. The standard InChI is InChI=1S/C14H20ClNO3/c1-3-4-8-11(19-14(16)18)13(17)12-9(2)6-5-7-10(12)15/h5-7,11,13,17H,3-4,8H2,1-2H3,(H2,16,18). The Morgan fingerprint density at radius 1 is 1.53 bits per heavy atom. The average Bonchev–Trinajstić information content (AvgIpc) is 2.33. The Balaban J connectivity index is 2.97. The lowest BCUT2D eigenvalue weighted by Crippen LogP contribution is -2.29. The average molecular weight is 286 g/mol. The van der Waals surface area contributed by atoms with Gasteiger partial charge in [0.05, 0.1) is 0 Å². The minimum absolute atomic E-state index is 0.460. The topological polar surface area (TPSA) is 72.5 Å². The summed E-state index contributed by atoms with van der Waals surface area (Å²) in [6.07, 6.45) is -0.204. The molecule has 4 nitrogen and oxygen atoms in total. The number of carbonyl (C=O) groups is 1. The maximum atomic E-state index is 10.9. The molecule has 0 aliphatic heterocycles. The zero-order valence-electron chi connectivity index (χ0n) is 11.2. The van der Waals surface area contributed by atoms with Crippen molar-refractivity contribution in [3.63, 3.8) is 0 Å². The van der Waals surface area contributed by atoms with Crippen LogP contribution in [0.4, 0.5) is 4.79 Å². The van der Waals surface area contributed by atoms with E-state index in [0.29, 0.717) is 17.0 Å². The lowest BCUT2D eigenvalue weighted by molar-refractivity contribution is -0.000549. The van der Waals surface area contributed by atoms with Crippen molar-refractivity contribution < 1.29 is 14.6 Å². The van der Waals surface area contributed by atoms with E-state index in [1.54, 1.807) is 6.07 Å². The van der Waals surface area contributed by atoms with Crippen LogP contribution in [0, 0.1) is 6.92 Å². The highest BCUT2D eigenvalue weighted by Crippen LogP contribution is 2.31. The van der Waals surface area contributed by atoms with Crippen LogP contribution in [0.15, 0.2) is 18.2 Å². The third-order valence-electron chi connectivity index (χ3n) is 3.03. The third-order valence-corrected chi connectivity index (χ3v) is 3.36. The predicted molar refractivity (Wildman–Crippen MR) is 75.1 cm³/mol. The molecule has 1 aromatic rings. The van der Waals surface area contributed by atoms with Gasteiger partial charge in [-0.3, -0.25) is 0 Å². The second-order valence-corrected chi connectivity index (χ2v) is 4.94. The van der Waals surface area contributed by atoms with Crippen molar-refractivity contribution in [2.45, 2.75) is 45.3 Å². The fourth-order valence-corrected chi connectivity index (χ4v) is 2.37. The zero-order valence-corrected chi connectivity index (χ0v) is 12.0. The van der Waals surface area contributed by atoms with Crippen LogP contribution in [0.1, 0.15) is 43.4 Å². The van der Waals surface area contributed by atoms with Crippen LogP contribution in [0.25, 0.3) is 0 Å². The SMILES string of the molecule is CCCCC(OC(N)=O)C(O)c1c(C)cccc1Cl. The zero-order chi connectivity index (χ0) is 14.4. The van der Waals surface area contributed by atoms with Crippen LogP contribution in [0.2, 0.25) is 5.02 Å². The van der Waals surface area contributed by atoms with Crippen molar-refractivity contribution in [3.05, 3.63) is 34.3 Å². The van der Waals surface area contributed by atoms with Crippen molar-refractivity contribution in [1.82, 2.24) is 0 Å². The molecule has 0 saturated carbocycles. The van der Waals surface area contributed by atoms with E-state index in [1.165, 1.54) is 0 Å². The van der Waals surface area contributed by atoms with Crippen molar-refractivity contribution in [3.8, 4) is 0 Å². The first-order valence-electron chi connectivity index (χ1n) is 6.36. The highest BCUT2D eigenvalue weighted by Gasteiger charge is 2.26. The normalized spacial score (nSPS) is 13.9.